The molecule has 108 valence electrons. The van der Waals surface area contributed by atoms with Crippen LogP contribution in [0.5, 0.6) is 0 Å². The molecule has 0 bridgehead atoms. The Bertz CT molecular complexity index is 674. The van der Waals surface area contributed by atoms with Crippen molar-refractivity contribution in [3.05, 3.63) is 36.7 Å². The molecule has 0 aliphatic heterocycles. The summed E-state index contributed by atoms with van der Waals surface area (Å²) in [6.07, 6.45) is 4.03. The van der Waals surface area contributed by atoms with Crippen LogP contribution in [0.15, 0.2) is 41.6 Å². The normalized spacial score (nSPS) is 12.2. The molecule has 0 radical (unpaired) electrons. The summed E-state index contributed by atoms with van der Waals surface area (Å²) in [5, 5.41) is 1.51. The number of nitrogens with zero attached hydrogens (tertiary/aromatic N) is 2. The number of pyridine rings is 1. The largest absolute Gasteiger partial charge is 0.329 e. The predicted molar refractivity (Wildman–Crippen MR) is 79.8 cm³/mol. The van der Waals surface area contributed by atoms with Gasteiger partial charge in [0.15, 0.2) is 0 Å². The zero-order valence-electron chi connectivity index (χ0n) is 11.5. The Morgan fingerprint density at radius 3 is 2.75 bits per heavy atom. The van der Waals surface area contributed by atoms with Crippen molar-refractivity contribution < 1.29 is 8.42 Å². The summed E-state index contributed by atoms with van der Waals surface area (Å²) in [7, 11) is -3.53. The van der Waals surface area contributed by atoms with E-state index in [0.717, 1.165) is 11.8 Å². The van der Waals surface area contributed by atoms with E-state index in [2.05, 4.69) is 4.98 Å². The van der Waals surface area contributed by atoms with Crippen LogP contribution in [0, 0.1) is 0 Å². The first-order valence-electron chi connectivity index (χ1n) is 6.64. The van der Waals surface area contributed by atoms with E-state index >= 15 is 0 Å². The Balaban J connectivity index is 2.56. The standard InChI is InChI=1S/C14H19N3O2S/c1-2-9-17(10-7-15)20(18,19)14-5-3-4-12-11-16-8-6-13(12)14/h3-6,8,11H,2,7,9-10,15H2,1H3. The van der Waals surface area contributed by atoms with E-state index in [0.29, 0.717) is 29.9 Å². The highest BCUT2D eigenvalue weighted by atomic mass is 32.2. The van der Waals surface area contributed by atoms with Gasteiger partial charge in [-0.2, -0.15) is 4.31 Å². The lowest BCUT2D eigenvalue weighted by molar-refractivity contribution is 0.418. The van der Waals surface area contributed by atoms with Gasteiger partial charge in [-0.05, 0) is 18.6 Å². The number of rotatable bonds is 6. The van der Waals surface area contributed by atoms with Crippen molar-refractivity contribution in [1.82, 2.24) is 9.29 Å². The first-order chi connectivity index (χ1) is 9.61. The van der Waals surface area contributed by atoms with Crippen LogP contribution in [-0.4, -0.2) is 37.3 Å². The van der Waals surface area contributed by atoms with Crippen molar-refractivity contribution in [2.24, 2.45) is 5.73 Å². The van der Waals surface area contributed by atoms with Gasteiger partial charge in [-0.3, -0.25) is 4.98 Å². The highest BCUT2D eigenvalue weighted by Gasteiger charge is 2.24. The fourth-order valence-corrected chi connectivity index (χ4v) is 3.96. The zero-order chi connectivity index (χ0) is 14.6. The van der Waals surface area contributed by atoms with E-state index in [-0.39, 0.29) is 0 Å². The Kier molecular flexibility index (Phi) is 4.69. The lowest BCUT2D eigenvalue weighted by atomic mass is 10.2. The average molecular weight is 293 g/mol. The highest BCUT2D eigenvalue weighted by molar-refractivity contribution is 7.89. The van der Waals surface area contributed by atoms with Gasteiger partial charge in [0.25, 0.3) is 0 Å². The molecule has 0 spiro atoms. The molecule has 0 fully saturated rings. The molecule has 0 aliphatic carbocycles. The molecule has 0 saturated carbocycles. The molecule has 0 saturated heterocycles. The van der Waals surface area contributed by atoms with Crippen molar-refractivity contribution in [3.63, 3.8) is 0 Å². The second-order valence-corrected chi connectivity index (χ2v) is 6.45. The van der Waals surface area contributed by atoms with Crippen LogP contribution in [0.3, 0.4) is 0 Å². The molecule has 20 heavy (non-hydrogen) atoms. The van der Waals surface area contributed by atoms with Gasteiger partial charge in [0.2, 0.25) is 10.0 Å². The maximum Gasteiger partial charge on any atom is 0.243 e. The Labute approximate surface area is 119 Å². The fourth-order valence-electron chi connectivity index (χ4n) is 2.20. The summed E-state index contributed by atoms with van der Waals surface area (Å²) in [4.78, 5) is 4.34. The van der Waals surface area contributed by atoms with E-state index < -0.39 is 10.0 Å². The molecule has 2 aromatic rings. The minimum absolute atomic E-state index is 0.311. The van der Waals surface area contributed by atoms with Crippen molar-refractivity contribution in [2.75, 3.05) is 19.6 Å². The first-order valence-corrected chi connectivity index (χ1v) is 8.08. The Hall–Kier alpha value is -1.50. The van der Waals surface area contributed by atoms with Gasteiger partial charge >= 0.3 is 0 Å². The minimum Gasteiger partial charge on any atom is -0.329 e. The van der Waals surface area contributed by atoms with E-state index in [1.165, 1.54) is 4.31 Å². The number of nitrogens with two attached hydrogens (primary N) is 1. The van der Waals surface area contributed by atoms with E-state index in [1.807, 2.05) is 13.0 Å². The number of sulfonamides is 1. The summed E-state index contributed by atoms with van der Waals surface area (Å²) < 4.78 is 27.0. The molecule has 2 N–H and O–H groups in total. The third-order valence-corrected chi connectivity index (χ3v) is 5.07. The molecular formula is C14H19N3O2S. The van der Waals surface area contributed by atoms with Gasteiger partial charge in [-0.25, -0.2) is 8.42 Å². The van der Waals surface area contributed by atoms with Crippen LogP contribution < -0.4 is 5.73 Å². The van der Waals surface area contributed by atoms with E-state index in [9.17, 15) is 8.42 Å². The zero-order valence-corrected chi connectivity index (χ0v) is 12.3. The van der Waals surface area contributed by atoms with Gasteiger partial charge in [0, 0.05) is 42.8 Å². The van der Waals surface area contributed by atoms with Crippen LogP contribution in [-0.2, 0) is 10.0 Å². The number of aromatic nitrogens is 1. The summed E-state index contributed by atoms with van der Waals surface area (Å²) in [5.41, 5.74) is 5.53. The third-order valence-electron chi connectivity index (χ3n) is 3.11. The second kappa shape index (κ2) is 6.30. The van der Waals surface area contributed by atoms with E-state index in [4.69, 9.17) is 5.73 Å². The molecule has 0 unspecified atom stereocenters. The van der Waals surface area contributed by atoms with Gasteiger partial charge < -0.3 is 5.73 Å². The number of hydrogen-bond acceptors (Lipinski definition) is 4. The maximum atomic E-state index is 12.8. The predicted octanol–water partition coefficient (Wildman–Crippen LogP) is 1.59. The van der Waals surface area contributed by atoms with Crippen LogP contribution in [0.1, 0.15) is 13.3 Å². The average Bonchev–Trinajstić information content (AvgIpc) is 2.46. The molecule has 1 heterocycles. The molecule has 1 aromatic heterocycles. The van der Waals surface area contributed by atoms with Crippen molar-refractivity contribution in [1.29, 1.82) is 0 Å². The SMILES string of the molecule is CCCN(CCN)S(=O)(=O)c1cccc2cnccc12. The molecular weight excluding hydrogens is 274 g/mol. The van der Waals surface area contributed by atoms with Crippen LogP contribution in [0.2, 0.25) is 0 Å². The highest BCUT2D eigenvalue weighted by Crippen LogP contribution is 2.25. The lowest BCUT2D eigenvalue weighted by Crippen LogP contribution is -2.36. The van der Waals surface area contributed by atoms with Crippen LogP contribution in [0.4, 0.5) is 0 Å². The molecule has 0 atom stereocenters. The summed E-state index contributed by atoms with van der Waals surface area (Å²) in [6, 6.07) is 6.96. The molecule has 5 nitrogen and oxygen atoms in total. The van der Waals surface area contributed by atoms with Gasteiger partial charge in [-0.15, -0.1) is 0 Å². The Morgan fingerprint density at radius 1 is 1.25 bits per heavy atom. The minimum atomic E-state index is -3.53. The maximum absolute atomic E-state index is 12.8. The van der Waals surface area contributed by atoms with Gasteiger partial charge in [0.05, 0.1) is 4.90 Å². The summed E-state index contributed by atoms with van der Waals surface area (Å²) in [5.74, 6) is 0. The molecule has 6 heteroatoms. The van der Waals surface area contributed by atoms with Crippen LogP contribution >= 0.6 is 0 Å². The molecule has 1 aromatic carbocycles. The van der Waals surface area contributed by atoms with E-state index in [1.54, 1.807) is 30.6 Å². The van der Waals surface area contributed by atoms with Crippen molar-refractivity contribution in [2.45, 2.75) is 18.2 Å². The first kappa shape index (κ1) is 14.9. The third kappa shape index (κ3) is 2.82. The molecule has 0 amide bonds. The molecule has 0 aliphatic rings. The number of benzene rings is 1. The monoisotopic (exact) mass is 293 g/mol. The van der Waals surface area contributed by atoms with Gasteiger partial charge in [0.1, 0.15) is 0 Å². The smallest absolute Gasteiger partial charge is 0.243 e. The fraction of sp³-hybridized carbons (Fsp3) is 0.357. The topological polar surface area (TPSA) is 76.3 Å². The van der Waals surface area contributed by atoms with Crippen LogP contribution in [0.25, 0.3) is 10.8 Å². The second-order valence-electron chi connectivity index (χ2n) is 4.55. The van der Waals surface area contributed by atoms with Crippen molar-refractivity contribution >= 4 is 20.8 Å². The summed E-state index contributed by atoms with van der Waals surface area (Å²) in [6.45, 7) is 3.07. The number of hydrogen-bond donors (Lipinski definition) is 1. The molecule has 2 rings (SSSR count). The lowest BCUT2D eigenvalue weighted by Gasteiger charge is -2.21. The quantitative estimate of drug-likeness (QED) is 0.877. The number of fused-ring (bicyclic) bond motifs is 1. The summed E-state index contributed by atoms with van der Waals surface area (Å²) >= 11 is 0. The van der Waals surface area contributed by atoms with Gasteiger partial charge in [-0.1, -0.05) is 19.1 Å². The van der Waals surface area contributed by atoms with Crippen molar-refractivity contribution in [3.8, 4) is 0 Å². The Morgan fingerprint density at radius 2 is 2.05 bits per heavy atom.